The van der Waals surface area contributed by atoms with Gasteiger partial charge in [-0.2, -0.15) is 5.26 Å². The Bertz CT molecular complexity index is 1170. The Balaban J connectivity index is 1.47. The highest BCUT2D eigenvalue weighted by molar-refractivity contribution is 6.04. The van der Waals surface area contributed by atoms with Crippen LogP contribution in [0.1, 0.15) is 52.9 Å². The Labute approximate surface area is 181 Å². The molecule has 1 amide bonds. The minimum absolute atomic E-state index is 0.197. The molecule has 0 unspecified atom stereocenters. The highest BCUT2D eigenvalue weighted by Crippen LogP contribution is 2.37. The first-order valence-corrected chi connectivity index (χ1v) is 10.4. The molecule has 1 N–H and O–H groups in total. The SMILES string of the molecule is Cc1ccc(-n2ccc(C(=O)Nc3ccc(C4(C#N)CCC(=O)CC4)nc3)c2)cc1C. The Morgan fingerprint density at radius 2 is 1.90 bits per heavy atom. The van der Waals surface area contributed by atoms with E-state index in [1.54, 1.807) is 30.6 Å². The van der Waals surface area contributed by atoms with Crippen LogP contribution in [0.15, 0.2) is 55.0 Å². The van der Waals surface area contributed by atoms with Gasteiger partial charge in [0.2, 0.25) is 0 Å². The third kappa shape index (κ3) is 4.13. The van der Waals surface area contributed by atoms with E-state index in [-0.39, 0.29) is 11.7 Å². The van der Waals surface area contributed by atoms with Crippen molar-refractivity contribution >= 4 is 17.4 Å². The fraction of sp³-hybridized carbons (Fsp3) is 0.280. The lowest BCUT2D eigenvalue weighted by Crippen LogP contribution is -2.31. The molecule has 6 nitrogen and oxygen atoms in total. The van der Waals surface area contributed by atoms with Gasteiger partial charge in [0.1, 0.15) is 11.2 Å². The van der Waals surface area contributed by atoms with Gasteiger partial charge >= 0.3 is 0 Å². The number of rotatable bonds is 4. The molecule has 0 aliphatic heterocycles. The Hall–Kier alpha value is -3.72. The molecule has 0 atom stereocenters. The van der Waals surface area contributed by atoms with Gasteiger partial charge in [0, 0.05) is 30.9 Å². The summed E-state index contributed by atoms with van der Waals surface area (Å²) in [7, 11) is 0. The standard InChI is InChI=1S/C25H24N4O2/c1-17-3-5-21(13-18(17)2)29-12-9-19(15-29)24(31)28-20-4-6-23(27-14-20)25(16-26)10-7-22(30)8-11-25/h3-6,9,12-15H,7-8,10-11H2,1-2H3,(H,28,31). The largest absolute Gasteiger partial charge is 0.323 e. The quantitative estimate of drug-likeness (QED) is 0.676. The monoisotopic (exact) mass is 412 g/mol. The fourth-order valence-electron chi connectivity index (χ4n) is 3.91. The van der Waals surface area contributed by atoms with Crippen LogP contribution in [0.2, 0.25) is 0 Å². The van der Waals surface area contributed by atoms with Gasteiger partial charge in [-0.3, -0.25) is 14.6 Å². The van der Waals surface area contributed by atoms with Crippen LogP contribution >= 0.6 is 0 Å². The molecule has 0 spiro atoms. The van der Waals surface area contributed by atoms with E-state index in [9.17, 15) is 14.9 Å². The third-order valence-electron chi connectivity index (χ3n) is 6.13. The maximum Gasteiger partial charge on any atom is 0.257 e. The zero-order valence-electron chi connectivity index (χ0n) is 17.7. The molecule has 0 bridgehead atoms. The van der Waals surface area contributed by atoms with Crippen molar-refractivity contribution in [2.24, 2.45) is 0 Å². The van der Waals surface area contributed by atoms with Crippen molar-refractivity contribution < 1.29 is 9.59 Å². The summed E-state index contributed by atoms with van der Waals surface area (Å²) in [6, 6.07) is 13.8. The lowest BCUT2D eigenvalue weighted by Gasteiger charge is -2.29. The average Bonchev–Trinajstić information content (AvgIpc) is 3.28. The second-order valence-corrected chi connectivity index (χ2v) is 8.19. The molecule has 0 radical (unpaired) electrons. The zero-order valence-corrected chi connectivity index (χ0v) is 17.7. The van der Waals surface area contributed by atoms with Gasteiger partial charge in [0.05, 0.1) is 29.2 Å². The van der Waals surface area contributed by atoms with E-state index >= 15 is 0 Å². The first-order valence-electron chi connectivity index (χ1n) is 10.4. The van der Waals surface area contributed by atoms with Crippen LogP contribution < -0.4 is 5.32 Å². The maximum atomic E-state index is 12.7. The van der Waals surface area contributed by atoms with Crippen molar-refractivity contribution in [1.29, 1.82) is 5.26 Å². The molecule has 3 aromatic rings. The summed E-state index contributed by atoms with van der Waals surface area (Å²) in [6.07, 6.45) is 7.03. The van der Waals surface area contributed by atoms with Gasteiger partial charge in [0.25, 0.3) is 5.91 Å². The number of Topliss-reactive ketones (excluding diaryl/α,β-unsaturated/α-hetero) is 1. The first-order chi connectivity index (χ1) is 14.9. The molecular weight excluding hydrogens is 388 g/mol. The second kappa shape index (κ2) is 8.19. The highest BCUT2D eigenvalue weighted by Gasteiger charge is 2.37. The van der Waals surface area contributed by atoms with Gasteiger partial charge < -0.3 is 9.88 Å². The number of carbonyl (C=O) groups is 2. The second-order valence-electron chi connectivity index (χ2n) is 8.19. The van der Waals surface area contributed by atoms with Crippen molar-refractivity contribution in [3.05, 3.63) is 77.4 Å². The van der Waals surface area contributed by atoms with E-state index in [0.29, 0.717) is 42.6 Å². The molecule has 0 saturated heterocycles. The van der Waals surface area contributed by atoms with Crippen LogP contribution in [0.5, 0.6) is 0 Å². The number of benzene rings is 1. The van der Waals surface area contributed by atoms with Crippen molar-refractivity contribution in [1.82, 2.24) is 9.55 Å². The summed E-state index contributed by atoms with van der Waals surface area (Å²) in [4.78, 5) is 28.7. The first kappa shape index (κ1) is 20.5. The van der Waals surface area contributed by atoms with Crippen LogP contribution in [-0.4, -0.2) is 21.2 Å². The van der Waals surface area contributed by atoms with Crippen LogP contribution in [-0.2, 0) is 10.2 Å². The highest BCUT2D eigenvalue weighted by atomic mass is 16.1. The van der Waals surface area contributed by atoms with E-state index in [2.05, 4.69) is 42.4 Å². The number of nitrogens with zero attached hydrogens (tertiary/aromatic N) is 3. The van der Waals surface area contributed by atoms with E-state index in [4.69, 9.17) is 0 Å². The summed E-state index contributed by atoms with van der Waals surface area (Å²) in [6.45, 7) is 4.13. The van der Waals surface area contributed by atoms with Gasteiger partial charge in [-0.25, -0.2) is 0 Å². The molecule has 1 fully saturated rings. The van der Waals surface area contributed by atoms with E-state index in [1.807, 2.05) is 16.8 Å². The number of hydrogen-bond acceptors (Lipinski definition) is 4. The average molecular weight is 412 g/mol. The van der Waals surface area contributed by atoms with Gasteiger partial charge in [-0.1, -0.05) is 6.07 Å². The summed E-state index contributed by atoms with van der Waals surface area (Å²) in [5.41, 5.74) is 4.46. The van der Waals surface area contributed by atoms with Gasteiger partial charge in [-0.15, -0.1) is 0 Å². The van der Waals surface area contributed by atoms with Crippen molar-refractivity contribution in [2.75, 3.05) is 5.32 Å². The third-order valence-corrected chi connectivity index (χ3v) is 6.13. The molecule has 1 aliphatic rings. The lowest BCUT2D eigenvalue weighted by atomic mass is 9.72. The normalized spacial score (nSPS) is 15.3. The molecule has 1 aliphatic carbocycles. The van der Waals surface area contributed by atoms with Crippen LogP contribution in [0.4, 0.5) is 5.69 Å². The topological polar surface area (TPSA) is 87.8 Å². The molecule has 2 heterocycles. The van der Waals surface area contributed by atoms with E-state index in [1.165, 1.54) is 11.1 Å². The Kier molecular flexibility index (Phi) is 5.43. The number of nitrogens with one attached hydrogen (secondary N) is 1. The van der Waals surface area contributed by atoms with Crippen molar-refractivity contribution in [3.63, 3.8) is 0 Å². The fourth-order valence-corrected chi connectivity index (χ4v) is 3.91. The molecule has 156 valence electrons. The van der Waals surface area contributed by atoms with E-state index < -0.39 is 5.41 Å². The minimum Gasteiger partial charge on any atom is -0.323 e. The zero-order chi connectivity index (χ0) is 22.0. The van der Waals surface area contributed by atoms with Crippen molar-refractivity contribution in [3.8, 4) is 11.8 Å². The molecule has 4 rings (SSSR count). The summed E-state index contributed by atoms with van der Waals surface area (Å²) < 4.78 is 1.92. The smallest absolute Gasteiger partial charge is 0.257 e. The number of pyridine rings is 1. The molecular formula is C25H24N4O2. The number of aromatic nitrogens is 2. The lowest BCUT2D eigenvalue weighted by molar-refractivity contribution is -0.121. The van der Waals surface area contributed by atoms with Gasteiger partial charge in [-0.05, 0) is 68.1 Å². The summed E-state index contributed by atoms with van der Waals surface area (Å²) in [5, 5.41) is 12.6. The van der Waals surface area contributed by atoms with Crippen LogP contribution in [0, 0.1) is 25.2 Å². The number of anilines is 1. The molecule has 6 heteroatoms. The maximum absolute atomic E-state index is 12.7. The predicted octanol–water partition coefficient (Wildman–Crippen LogP) is 4.65. The summed E-state index contributed by atoms with van der Waals surface area (Å²) >= 11 is 0. The predicted molar refractivity (Wildman–Crippen MR) is 118 cm³/mol. The summed E-state index contributed by atoms with van der Waals surface area (Å²) in [5.74, 6) is -0.0297. The molecule has 1 aromatic carbocycles. The molecule has 31 heavy (non-hydrogen) atoms. The number of ketones is 1. The van der Waals surface area contributed by atoms with Crippen LogP contribution in [0.3, 0.4) is 0 Å². The number of nitriles is 1. The Morgan fingerprint density at radius 1 is 1.13 bits per heavy atom. The minimum atomic E-state index is -0.722. The number of aryl methyl sites for hydroxylation is 2. The molecule has 1 saturated carbocycles. The van der Waals surface area contributed by atoms with E-state index in [0.717, 1.165) is 5.69 Å². The molecule has 2 aromatic heterocycles. The van der Waals surface area contributed by atoms with Crippen LogP contribution in [0.25, 0.3) is 5.69 Å². The number of hydrogen-bond donors (Lipinski definition) is 1. The van der Waals surface area contributed by atoms with Crippen molar-refractivity contribution in [2.45, 2.75) is 44.9 Å². The number of amides is 1. The van der Waals surface area contributed by atoms with Gasteiger partial charge in [0.15, 0.2) is 0 Å². The number of carbonyl (C=O) groups excluding carboxylic acids is 2. The Morgan fingerprint density at radius 3 is 2.55 bits per heavy atom.